The Morgan fingerprint density at radius 2 is 0.534 bits per heavy atom. The topological polar surface area (TPSA) is 78.9 Å². The largest absolute Gasteiger partial charge is 0.462 e. The molecule has 0 aromatic heterocycles. The fourth-order valence-electron chi connectivity index (χ4n) is 9.00. The summed E-state index contributed by atoms with van der Waals surface area (Å²) >= 11 is 0. The van der Waals surface area contributed by atoms with E-state index < -0.39 is 6.10 Å². The highest BCUT2D eigenvalue weighted by Gasteiger charge is 2.19. The molecular formula is C67H118O6. The Morgan fingerprint density at radius 3 is 0.849 bits per heavy atom. The number of hydrogen-bond acceptors (Lipinski definition) is 6. The first-order valence-electron chi connectivity index (χ1n) is 31.4. The minimum Gasteiger partial charge on any atom is -0.462 e. The van der Waals surface area contributed by atoms with E-state index in [1.165, 1.54) is 180 Å². The molecule has 0 amide bonds. The molecule has 6 nitrogen and oxygen atoms in total. The molecule has 422 valence electrons. The van der Waals surface area contributed by atoms with Crippen molar-refractivity contribution in [3.63, 3.8) is 0 Å². The van der Waals surface area contributed by atoms with Crippen LogP contribution in [0.2, 0.25) is 0 Å². The third-order valence-corrected chi connectivity index (χ3v) is 13.7. The molecular weight excluding hydrogens is 901 g/mol. The van der Waals surface area contributed by atoms with E-state index in [2.05, 4.69) is 93.7 Å². The maximum atomic E-state index is 12.8. The van der Waals surface area contributed by atoms with Gasteiger partial charge in [-0.25, -0.2) is 0 Å². The van der Waals surface area contributed by atoms with Gasteiger partial charge >= 0.3 is 17.9 Å². The van der Waals surface area contributed by atoms with E-state index >= 15 is 0 Å². The van der Waals surface area contributed by atoms with Gasteiger partial charge in [-0.2, -0.15) is 0 Å². The Balaban J connectivity index is 3.98. The molecule has 0 aromatic rings. The van der Waals surface area contributed by atoms with Crippen molar-refractivity contribution in [2.45, 2.75) is 322 Å². The van der Waals surface area contributed by atoms with Crippen molar-refractivity contribution in [2.24, 2.45) is 0 Å². The van der Waals surface area contributed by atoms with E-state index in [1.54, 1.807) is 0 Å². The third-order valence-electron chi connectivity index (χ3n) is 13.7. The monoisotopic (exact) mass is 1020 g/mol. The van der Waals surface area contributed by atoms with E-state index in [1.807, 2.05) is 0 Å². The van der Waals surface area contributed by atoms with Crippen LogP contribution in [0.5, 0.6) is 0 Å². The molecule has 1 unspecified atom stereocenters. The maximum Gasteiger partial charge on any atom is 0.306 e. The Hall–Kier alpha value is -3.15. The molecule has 0 saturated carbocycles. The first-order chi connectivity index (χ1) is 36.0. The van der Waals surface area contributed by atoms with Crippen molar-refractivity contribution in [3.8, 4) is 0 Å². The summed E-state index contributed by atoms with van der Waals surface area (Å²) in [5.41, 5.74) is 0. The number of carbonyl (C=O) groups is 3. The average molecular weight is 1020 g/mol. The molecule has 0 saturated heterocycles. The average Bonchev–Trinajstić information content (AvgIpc) is 3.39. The van der Waals surface area contributed by atoms with Crippen molar-refractivity contribution in [2.75, 3.05) is 13.2 Å². The van der Waals surface area contributed by atoms with E-state index in [-0.39, 0.29) is 31.1 Å². The van der Waals surface area contributed by atoms with Crippen LogP contribution in [-0.2, 0) is 28.6 Å². The molecule has 0 aliphatic heterocycles. The lowest BCUT2D eigenvalue weighted by Crippen LogP contribution is -2.30. The van der Waals surface area contributed by atoms with E-state index in [4.69, 9.17) is 14.2 Å². The van der Waals surface area contributed by atoms with Crippen molar-refractivity contribution in [1.29, 1.82) is 0 Å². The Morgan fingerprint density at radius 1 is 0.288 bits per heavy atom. The van der Waals surface area contributed by atoms with Gasteiger partial charge in [0.2, 0.25) is 0 Å². The SMILES string of the molecule is CC/C=C\C/C=C\C/C=C\C/C=C\C/C=C\CCCCCCCCCCCCCCCCCCCC(=O)OCC(COC(=O)CCCCCCCC)OC(=O)CCCCCCC/C=C\CCCCCCCCC. The van der Waals surface area contributed by atoms with Crippen molar-refractivity contribution in [3.05, 3.63) is 72.9 Å². The molecule has 0 fully saturated rings. The number of allylic oxidation sites excluding steroid dienone is 12. The molecule has 0 radical (unpaired) electrons. The summed E-state index contributed by atoms with van der Waals surface area (Å²) in [5.74, 6) is -0.880. The second-order valence-electron chi connectivity index (χ2n) is 20.9. The van der Waals surface area contributed by atoms with Crippen molar-refractivity contribution < 1.29 is 28.6 Å². The molecule has 0 aliphatic rings. The van der Waals surface area contributed by atoms with E-state index in [9.17, 15) is 14.4 Å². The minimum absolute atomic E-state index is 0.0746. The van der Waals surface area contributed by atoms with Crippen LogP contribution in [0.25, 0.3) is 0 Å². The summed E-state index contributed by atoms with van der Waals surface area (Å²) < 4.78 is 16.8. The van der Waals surface area contributed by atoms with Gasteiger partial charge in [0.15, 0.2) is 6.10 Å². The second-order valence-corrected chi connectivity index (χ2v) is 20.9. The molecule has 73 heavy (non-hydrogen) atoms. The van der Waals surface area contributed by atoms with Crippen LogP contribution in [0.3, 0.4) is 0 Å². The number of rotatable bonds is 57. The van der Waals surface area contributed by atoms with Gasteiger partial charge in [0.05, 0.1) is 0 Å². The van der Waals surface area contributed by atoms with Gasteiger partial charge in [-0.05, 0) is 89.9 Å². The van der Waals surface area contributed by atoms with Crippen LogP contribution in [0.4, 0.5) is 0 Å². The Labute approximate surface area is 453 Å². The molecule has 0 bridgehead atoms. The lowest BCUT2D eigenvalue weighted by Gasteiger charge is -2.18. The third kappa shape index (κ3) is 59.6. The fourth-order valence-corrected chi connectivity index (χ4v) is 9.00. The van der Waals surface area contributed by atoms with Crippen LogP contribution in [-0.4, -0.2) is 37.2 Å². The molecule has 0 heterocycles. The Bertz CT molecular complexity index is 1360. The number of unbranched alkanes of at least 4 members (excludes halogenated alkanes) is 34. The summed E-state index contributed by atoms with van der Waals surface area (Å²) in [6.07, 6.45) is 79.5. The number of ether oxygens (including phenoxy) is 3. The predicted molar refractivity (Wildman–Crippen MR) is 316 cm³/mol. The summed E-state index contributed by atoms with van der Waals surface area (Å²) in [6, 6.07) is 0. The lowest BCUT2D eigenvalue weighted by atomic mass is 10.0. The molecule has 0 aliphatic carbocycles. The molecule has 0 N–H and O–H groups in total. The van der Waals surface area contributed by atoms with E-state index in [0.29, 0.717) is 19.3 Å². The quantitative estimate of drug-likeness (QED) is 0.0261. The van der Waals surface area contributed by atoms with Crippen LogP contribution in [0.15, 0.2) is 72.9 Å². The highest BCUT2D eigenvalue weighted by Crippen LogP contribution is 2.17. The zero-order valence-electron chi connectivity index (χ0n) is 48.4. The number of esters is 3. The zero-order valence-corrected chi connectivity index (χ0v) is 48.4. The van der Waals surface area contributed by atoms with Gasteiger partial charge in [0.25, 0.3) is 0 Å². The minimum atomic E-state index is -0.773. The zero-order chi connectivity index (χ0) is 52.9. The first-order valence-corrected chi connectivity index (χ1v) is 31.4. The molecule has 0 aromatic carbocycles. The standard InChI is InChI=1S/C67H118O6/c1-4-7-10-13-16-18-20-22-24-26-27-28-29-30-31-32-33-34-35-36-37-38-39-40-41-42-44-45-47-49-51-54-57-60-66(69)72-63-64(62-71-65(68)59-56-53-15-12-9-6-3)73-67(70)61-58-55-52-50-48-46-43-25-23-21-19-17-14-11-8-5-2/h7,10,16,18,22,24-25,27-28,30-31,43,64H,4-6,8-9,11-15,17,19-21,23,26,29,32-42,44-63H2,1-3H3/b10-7-,18-16-,24-22-,28-27-,31-30-,43-25-. The predicted octanol–water partition coefficient (Wildman–Crippen LogP) is 21.3. The number of carbonyl (C=O) groups excluding carboxylic acids is 3. The number of hydrogen-bond donors (Lipinski definition) is 0. The summed E-state index contributed by atoms with van der Waals surface area (Å²) in [7, 11) is 0. The van der Waals surface area contributed by atoms with Crippen LogP contribution in [0, 0.1) is 0 Å². The van der Waals surface area contributed by atoms with Crippen LogP contribution < -0.4 is 0 Å². The summed E-state index contributed by atoms with van der Waals surface area (Å²) in [5, 5.41) is 0. The normalized spacial score (nSPS) is 12.5. The van der Waals surface area contributed by atoms with E-state index in [0.717, 1.165) is 96.3 Å². The lowest BCUT2D eigenvalue weighted by molar-refractivity contribution is -0.167. The molecule has 0 rings (SSSR count). The first kappa shape index (κ1) is 69.8. The highest BCUT2D eigenvalue weighted by molar-refractivity contribution is 5.71. The second kappa shape index (κ2) is 61.4. The smallest absolute Gasteiger partial charge is 0.306 e. The van der Waals surface area contributed by atoms with Crippen molar-refractivity contribution in [1.82, 2.24) is 0 Å². The van der Waals surface area contributed by atoms with Gasteiger partial charge in [-0.3, -0.25) is 14.4 Å². The molecule has 1 atom stereocenters. The van der Waals surface area contributed by atoms with Gasteiger partial charge in [0.1, 0.15) is 13.2 Å². The van der Waals surface area contributed by atoms with Gasteiger partial charge in [-0.15, -0.1) is 0 Å². The maximum absolute atomic E-state index is 12.8. The van der Waals surface area contributed by atoms with Gasteiger partial charge < -0.3 is 14.2 Å². The van der Waals surface area contributed by atoms with Crippen LogP contribution in [0.1, 0.15) is 316 Å². The summed E-state index contributed by atoms with van der Waals surface area (Å²) in [4.78, 5) is 37.9. The highest BCUT2D eigenvalue weighted by atomic mass is 16.6. The summed E-state index contributed by atoms with van der Waals surface area (Å²) in [6.45, 7) is 6.48. The molecule has 0 spiro atoms. The Kier molecular flexibility index (Phi) is 58.7. The van der Waals surface area contributed by atoms with Crippen LogP contribution >= 0.6 is 0 Å². The van der Waals surface area contributed by atoms with Gasteiger partial charge in [-0.1, -0.05) is 280 Å². The fraction of sp³-hybridized carbons (Fsp3) is 0.776. The molecule has 6 heteroatoms. The van der Waals surface area contributed by atoms with Crippen molar-refractivity contribution >= 4 is 17.9 Å². The van der Waals surface area contributed by atoms with Gasteiger partial charge in [0, 0.05) is 19.3 Å².